The number of ether oxygens (including phenoxy) is 1. The van der Waals surface area contributed by atoms with Crippen LogP contribution in [0.1, 0.15) is 42.1 Å². The molecule has 3 rings (SSSR count). The summed E-state index contributed by atoms with van der Waals surface area (Å²) in [6, 6.07) is 6.27. The molecular formula is C14H16F2N4O. The Kier molecular flexibility index (Phi) is 4.19. The lowest BCUT2D eigenvalue weighted by Crippen LogP contribution is -2.19. The lowest BCUT2D eigenvalue weighted by Gasteiger charge is -2.21. The van der Waals surface area contributed by atoms with Crippen molar-refractivity contribution >= 4 is 0 Å². The zero-order valence-corrected chi connectivity index (χ0v) is 11.5. The van der Waals surface area contributed by atoms with E-state index in [1.165, 1.54) is 12.1 Å². The number of halogens is 2. The normalized spacial score (nSPS) is 16.5. The number of hydrogen-bond acceptors (Lipinski definition) is 4. The molecule has 7 heteroatoms. The Morgan fingerprint density at radius 3 is 2.57 bits per heavy atom. The monoisotopic (exact) mass is 294 g/mol. The second-order valence-electron chi connectivity index (χ2n) is 5.12. The third-order valence-corrected chi connectivity index (χ3v) is 3.71. The SMILES string of the molecule is FC(F)c1ccc(Cn2nnnc2C2CCOCC2)cc1. The highest BCUT2D eigenvalue weighted by Crippen LogP contribution is 2.25. The molecular weight excluding hydrogens is 278 g/mol. The highest BCUT2D eigenvalue weighted by Gasteiger charge is 2.22. The van der Waals surface area contributed by atoms with Crippen molar-refractivity contribution in [2.24, 2.45) is 0 Å². The number of rotatable bonds is 4. The minimum atomic E-state index is -2.44. The second-order valence-corrected chi connectivity index (χ2v) is 5.12. The van der Waals surface area contributed by atoms with Crippen molar-refractivity contribution in [3.05, 3.63) is 41.2 Å². The molecule has 0 spiro atoms. The van der Waals surface area contributed by atoms with Gasteiger partial charge in [0.15, 0.2) is 5.82 Å². The van der Waals surface area contributed by atoms with Gasteiger partial charge in [-0.1, -0.05) is 24.3 Å². The molecule has 2 aromatic rings. The van der Waals surface area contributed by atoms with Crippen molar-refractivity contribution < 1.29 is 13.5 Å². The fourth-order valence-electron chi connectivity index (χ4n) is 2.51. The van der Waals surface area contributed by atoms with Crippen LogP contribution in [-0.2, 0) is 11.3 Å². The summed E-state index contributed by atoms with van der Waals surface area (Å²) in [6.45, 7) is 1.93. The van der Waals surface area contributed by atoms with E-state index in [1.54, 1.807) is 16.8 Å². The average Bonchev–Trinajstić information content (AvgIpc) is 2.97. The summed E-state index contributed by atoms with van der Waals surface area (Å²) in [5, 5.41) is 11.9. The van der Waals surface area contributed by atoms with E-state index < -0.39 is 6.43 Å². The van der Waals surface area contributed by atoms with E-state index in [2.05, 4.69) is 15.5 Å². The molecule has 21 heavy (non-hydrogen) atoms. The van der Waals surface area contributed by atoms with Crippen molar-refractivity contribution in [3.63, 3.8) is 0 Å². The smallest absolute Gasteiger partial charge is 0.263 e. The summed E-state index contributed by atoms with van der Waals surface area (Å²) in [4.78, 5) is 0. The summed E-state index contributed by atoms with van der Waals surface area (Å²) in [5.74, 6) is 1.14. The Balaban J connectivity index is 1.74. The molecule has 0 N–H and O–H groups in total. The van der Waals surface area contributed by atoms with Crippen molar-refractivity contribution in [2.45, 2.75) is 31.7 Å². The zero-order valence-electron chi connectivity index (χ0n) is 11.5. The maximum absolute atomic E-state index is 12.5. The standard InChI is InChI=1S/C14H16F2N4O/c15-13(16)11-3-1-10(2-4-11)9-20-14(17-18-19-20)12-5-7-21-8-6-12/h1-4,12-13H,5-9H2. The Morgan fingerprint density at radius 1 is 1.19 bits per heavy atom. The highest BCUT2D eigenvalue weighted by atomic mass is 19.3. The number of aromatic nitrogens is 4. The predicted octanol–water partition coefficient (Wildman–Crippen LogP) is 2.55. The Labute approximate surface area is 120 Å². The van der Waals surface area contributed by atoms with E-state index in [1.807, 2.05) is 0 Å². The van der Waals surface area contributed by atoms with Crippen LogP contribution in [0.3, 0.4) is 0 Å². The molecule has 5 nitrogen and oxygen atoms in total. The largest absolute Gasteiger partial charge is 0.381 e. The van der Waals surface area contributed by atoms with Crippen LogP contribution < -0.4 is 0 Å². The quantitative estimate of drug-likeness (QED) is 0.869. The van der Waals surface area contributed by atoms with Gasteiger partial charge in [0.25, 0.3) is 6.43 Å². The van der Waals surface area contributed by atoms with Crippen LogP contribution >= 0.6 is 0 Å². The van der Waals surface area contributed by atoms with E-state index >= 15 is 0 Å². The molecule has 0 atom stereocenters. The number of tetrazole rings is 1. The van der Waals surface area contributed by atoms with Gasteiger partial charge in [0.2, 0.25) is 0 Å². The van der Waals surface area contributed by atoms with Gasteiger partial charge in [-0.05, 0) is 28.8 Å². The molecule has 1 aliphatic rings. The maximum Gasteiger partial charge on any atom is 0.263 e. The minimum absolute atomic E-state index is 0.0279. The number of alkyl halides is 2. The highest BCUT2D eigenvalue weighted by molar-refractivity contribution is 5.23. The topological polar surface area (TPSA) is 52.8 Å². The molecule has 1 aliphatic heterocycles. The Morgan fingerprint density at radius 2 is 1.90 bits per heavy atom. The van der Waals surface area contributed by atoms with Gasteiger partial charge >= 0.3 is 0 Å². The summed E-state index contributed by atoms with van der Waals surface area (Å²) in [5.41, 5.74) is 0.931. The van der Waals surface area contributed by atoms with Crippen LogP contribution in [0.25, 0.3) is 0 Å². The van der Waals surface area contributed by atoms with Gasteiger partial charge in [0.05, 0.1) is 6.54 Å². The number of nitrogens with zero attached hydrogens (tertiary/aromatic N) is 4. The molecule has 1 fully saturated rings. The van der Waals surface area contributed by atoms with Gasteiger partial charge in [-0.25, -0.2) is 13.5 Å². The first-order valence-corrected chi connectivity index (χ1v) is 6.95. The van der Waals surface area contributed by atoms with Gasteiger partial charge in [0, 0.05) is 24.7 Å². The summed E-state index contributed by atoms with van der Waals surface area (Å²) >= 11 is 0. The fourth-order valence-corrected chi connectivity index (χ4v) is 2.51. The molecule has 0 amide bonds. The lowest BCUT2D eigenvalue weighted by molar-refractivity contribution is 0.0826. The molecule has 1 saturated heterocycles. The molecule has 112 valence electrons. The minimum Gasteiger partial charge on any atom is -0.381 e. The predicted molar refractivity (Wildman–Crippen MR) is 71.1 cm³/mol. The second kappa shape index (κ2) is 6.26. The van der Waals surface area contributed by atoms with Crippen molar-refractivity contribution in [2.75, 3.05) is 13.2 Å². The van der Waals surface area contributed by atoms with Gasteiger partial charge in [-0.15, -0.1) is 5.10 Å². The number of hydrogen-bond donors (Lipinski definition) is 0. The third-order valence-electron chi connectivity index (χ3n) is 3.71. The molecule has 0 saturated carbocycles. The first kappa shape index (κ1) is 14.1. The zero-order chi connectivity index (χ0) is 14.7. The number of benzene rings is 1. The molecule has 0 unspecified atom stereocenters. The van der Waals surface area contributed by atoms with E-state index in [-0.39, 0.29) is 5.56 Å². The van der Waals surface area contributed by atoms with Gasteiger partial charge in [-0.3, -0.25) is 0 Å². The lowest BCUT2D eigenvalue weighted by atomic mass is 9.99. The summed E-state index contributed by atoms with van der Waals surface area (Å²) in [7, 11) is 0. The molecule has 1 aromatic carbocycles. The van der Waals surface area contributed by atoms with Crippen LogP contribution in [0.5, 0.6) is 0 Å². The van der Waals surface area contributed by atoms with Crippen molar-refractivity contribution in [1.82, 2.24) is 20.2 Å². The van der Waals surface area contributed by atoms with Gasteiger partial charge < -0.3 is 4.74 Å². The first-order valence-electron chi connectivity index (χ1n) is 6.95. The molecule has 2 heterocycles. The Bertz CT molecular complexity index is 579. The van der Waals surface area contributed by atoms with E-state index in [0.29, 0.717) is 12.5 Å². The maximum atomic E-state index is 12.5. The summed E-state index contributed by atoms with van der Waals surface area (Å²) < 4.78 is 32.2. The third kappa shape index (κ3) is 3.24. The molecule has 0 bridgehead atoms. The van der Waals surface area contributed by atoms with Crippen LogP contribution in [0.2, 0.25) is 0 Å². The van der Waals surface area contributed by atoms with Crippen LogP contribution in [0.4, 0.5) is 8.78 Å². The first-order chi connectivity index (χ1) is 10.2. The Hall–Kier alpha value is -1.89. The van der Waals surface area contributed by atoms with E-state index in [9.17, 15) is 8.78 Å². The van der Waals surface area contributed by atoms with Crippen molar-refractivity contribution in [3.8, 4) is 0 Å². The van der Waals surface area contributed by atoms with Crippen molar-refractivity contribution in [1.29, 1.82) is 0 Å². The van der Waals surface area contributed by atoms with E-state index in [4.69, 9.17) is 4.74 Å². The van der Waals surface area contributed by atoms with Gasteiger partial charge in [-0.2, -0.15) is 0 Å². The van der Waals surface area contributed by atoms with Crippen LogP contribution in [0, 0.1) is 0 Å². The fraction of sp³-hybridized carbons (Fsp3) is 0.500. The van der Waals surface area contributed by atoms with Gasteiger partial charge in [0.1, 0.15) is 0 Å². The average molecular weight is 294 g/mol. The molecule has 0 aliphatic carbocycles. The summed E-state index contributed by atoms with van der Waals surface area (Å²) in [6.07, 6.45) is -0.625. The van der Waals surface area contributed by atoms with E-state index in [0.717, 1.165) is 37.4 Å². The molecule has 0 radical (unpaired) electrons. The van der Waals surface area contributed by atoms with Crippen LogP contribution in [-0.4, -0.2) is 33.4 Å². The molecule has 1 aromatic heterocycles. The van der Waals surface area contributed by atoms with Crippen LogP contribution in [0.15, 0.2) is 24.3 Å².